The van der Waals surface area contributed by atoms with Crippen molar-refractivity contribution < 1.29 is 20.1 Å². The van der Waals surface area contributed by atoms with E-state index in [2.05, 4.69) is 27.7 Å². The summed E-state index contributed by atoms with van der Waals surface area (Å²) in [5, 5.41) is 32.0. The van der Waals surface area contributed by atoms with Crippen molar-refractivity contribution in [2.45, 2.75) is 104 Å². The molecule has 0 aliphatic heterocycles. The van der Waals surface area contributed by atoms with Gasteiger partial charge in [-0.15, -0.1) is 0 Å². The second kappa shape index (κ2) is 6.53. The zero-order valence-corrected chi connectivity index (χ0v) is 20.5. The lowest BCUT2D eigenvalue weighted by Crippen LogP contribution is -2.58. The minimum absolute atomic E-state index is 0.0309. The summed E-state index contributed by atoms with van der Waals surface area (Å²) < 4.78 is 0. The van der Waals surface area contributed by atoms with Crippen molar-refractivity contribution in [3.8, 4) is 0 Å². The van der Waals surface area contributed by atoms with Gasteiger partial charge in [0.15, 0.2) is 0 Å². The molecule has 0 aromatic rings. The van der Waals surface area contributed by atoms with Gasteiger partial charge in [-0.2, -0.15) is 0 Å². The van der Waals surface area contributed by atoms with Crippen LogP contribution in [0.25, 0.3) is 0 Å². The molecule has 4 nitrogen and oxygen atoms in total. The van der Waals surface area contributed by atoms with E-state index in [0.717, 1.165) is 32.1 Å². The lowest BCUT2D eigenvalue weighted by atomic mass is 9.45. The third-order valence-electron chi connectivity index (χ3n) is 13.5. The van der Waals surface area contributed by atoms with Gasteiger partial charge in [0.1, 0.15) is 0 Å². The van der Waals surface area contributed by atoms with E-state index in [1.54, 1.807) is 0 Å². The highest BCUT2D eigenvalue weighted by Gasteiger charge is 2.82. The van der Waals surface area contributed by atoms with Crippen LogP contribution in [0, 0.1) is 63.1 Å². The molecule has 6 saturated carbocycles. The number of carboxylic acids is 1. The number of aliphatic hydroxyl groups is 2. The Bertz CT molecular complexity index is 826. The SMILES string of the molecule is CCC12C3[C@@H]1C[C@H](O)CC[C@]3(C)C1CC[C@@]3(C)C(CC[C@@]34C(CCC(=O)O)[C@H]4C)C1[C@@H]2O. The molecule has 6 aliphatic carbocycles. The standard InChI is InChI=1S/C28H44O4/c1-5-27-20-14-16(29)8-11-25(3,23(20)27)18-9-12-26(4)19(22(18)24(27)32)10-13-28(26)15(2)17(28)6-7-21(30)31/h15-20,22-24,29,32H,5-14H2,1-4H3,(H,30,31)/t15-,16-,17?,18?,19?,20+,22?,23?,24+,25-,26+,27?,28-/m1/s1. The maximum Gasteiger partial charge on any atom is 0.303 e. The Hall–Kier alpha value is -0.610. The van der Waals surface area contributed by atoms with Gasteiger partial charge >= 0.3 is 5.97 Å². The zero-order valence-electron chi connectivity index (χ0n) is 20.5. The normalized spacial score (nSPS) is 62.0. The molecule has 0 aromatic carbocycles. The van der Waals surface area contributed by atoms with Gasteiger partial charge in [0.25, 0.3) is 0 Å². The minimum atomic E-state index is -0.659. The fourth-order valence-corrected chi connectivity index (χ4v) is 12.3. The smallest absolute Gasteiger partial charge is 0.303 e. The van der Waals surface area contributed by atoms with E-state index < -0.39 is 5.97 Å². The van der Waals surface area contributed by atoms with Crippen LogP contribution >= 0.6 is 0 Å². The summed E-state index contributed by atoms with van der Waals surface area (Å²) in [6.07, 6.45) is 9.62. The topological polar surface area (TPSA) is 77.8 Å². The van der Waals surface area contributed by atoms with Crippen molar-refractivity contribution in [3.05, 3.63) is 0 Å². The fourth-order valence-electron chi connectivity index (χ4n) is 12.3. The quantitative estimate of drug-likeness (QED) is 0.563. The maximum atomic E-state index is 12.1. The highest BCUT2D eigenvalue weighted by atomic mass is 16.4. The predicted octanol–water partition coefficient (Wildman–Crippen LogP) is 5.11. The lowest BCUT2D eigenvalue weighted by molar-refractivity contribution is -0.164. The van der Waals surface area contributed by atoms with Gasteiger partial charge in [0, 0.05) is 11.8 Å². The second-order valence-corrected chi connectivity index (χ2v) is 13.6. The largest absolute Gasteiger partial charge is 0.481 e. The number of carbonyl (C=O) groups is 1. The van der Waals surface area contributed by atoms with Crippen molar-refractivity contribution in [2.75, 3.05) is 0 Å². The Kier molecular flexibility index (Phi) is 4.47. The van der Waals surface area contributed by atoms with Crippen molar-refractivity contribution in [1.82, 2.24) is 0 Å². The summed E-state index contributed by atoms with van der Waals surface area (Å²) >= 11 is 0. The minimum Gasteiger partial charge on any atom is -0.481 e. The Morgan fingerprint density at radius 3 is 2.41 bits per heavy atom. The number of aliphatic hydroxyl groups excluding tert-OH is 2. The maximum absolute atomic E-state index is 12.1. The number of rotatable bonds is 4. The van der Waals surface area contributed by atoms with E-state index >= 15 is 0 Å². The van der Waals surface area contributed by atoms with Gasteiger partial charge < -0.3 is 15.3 Å². The third-order valence-corrected chi connectivity index (χ3v) is 13.5. The van der Waals surface area contributed by atoms with E-state index in [-0.39, 0.29) is 28.5 Å². The molecule has 0 bridgehead atoms. The molecule has 4 heteroatoms. The first-order chi connectivity index (χ1) is 15.1. The molecule has 0 heterocycles. The summed E-state index contributed by atoms with van der Waals surface area (Å²) in [5.74, 6) is 3.15. The van der Waals surface area contributed by atoms with Crippen molar-refractivity contribution in [3.63, 3.8) is 0 Å². The summed E-state index contributed by atoms with van der Waals surface area (Å²) in [4.78, 5) is 11.3. The Morgan fingerprint density at radius 2 is 1.72 bits per heavy atom. The van der Waals surface area contributed by atoms with E-state index in [9.17, 15) is 20.1 Å². The molecule has 6 fully saturated rings. The number of carboxylic acid groups (broad SMARTS) is 1. The molecule has 180 valence electrons. The molecule has 0 amide bonds. The molecule has 0 saturated heterocycles. The van der Waals surface area contributed by atoms with Crippen LogP contribution in [0.5, 0.6) is 0 Å². The average Bonchev–Trinajstić information content (AvgIpc) is 3.55. The molecule has 0 radical (unpaired) electrons. The molecule has 0 aromatic heterocycles. The number of fused-ring (bicyclic) bond motifs is 6. The first-order valence-corrected chi connectivity index (χ1v) is 13.7. The van der Waals surface area contributed by atoms with Gasteiger partial charge in [-0.05, 0) is 115 Å². The van der Waals surface area contributed by atoms with Crippen molar-refractivity contribution in [2.24, 2.45) is 63.1 Å². The van der Waals surface area contributed by atoms with Gasteiger partial charge in [-0.1, -0.05) is 27.7 Å². The second-order valence-electron chi connectivity index (χ2n) is 13.6. The zero-order chi connectivity index (χ0) is 22.8. The van der Waals surface area contributed by atoms with Crippen LogP contribution in [0.1, 0.15) is 91.9 Å². The van der Waals surface area contributed by atoms with Crippen LogP contribution in [0.15, 0.2) is 0 Å². The molecule has 6 unspecified atom stereocenters. The highest BCUT2D eigenvalue weighted by Crippen LogP contribution is 2.86. The Balaban J connectivity index is 1.36. The number of hydrogen-bond donors (Lipinski definition) is 3. The molecule has 3 N–H and O–H groups in total. The molecule has 13 atom stereocenters. The van der Waals surface area contributed by atoms with Crippen LogP contribution in [0.3, 0.4) is 0 Å². The number of hydrogen-bond acceptors (Lipinski definition) is 3. The van der Waals surface area contributed by atoms with Crippen LogP contribution in [0.2, 0.25) is 0 Å². The van der Waals surface area contributed by atoms with E-state index in [1.165, 1.54) is 25.7 Å². The molecule has 32 heavy (non-hydrogen) atoms. The van der Waals surface area contributed by atoms with Crippen LogP contribution in [0.4, 0.5) is 0 Å². The van der Waals surface area contributed by atoms with Gasteiger partial charge in [-0.3, -0.25) is 4.79 Å². The van der Waals surface area contributed by atoms with Gasteiger partial charge in [0.05, 0.1) is 12.2 Å². The molecular weight excluding hydrogens is 400 g/mol. The molecular formula is C28H44O4. The van der Waals surface area contributed by atoms with Crippen LogP contribution < -0.4 is 0 Å². The predicted molar refractivity (Wildman–Crippen MR) is 123 cm³/mol. The summed E-state index contributed by atoms with van der Waals surface area (Å²) in [5.41, 5.74) is 0.843. The highest BCUT2D eigenvalue weighted by molar-refractivity contribution is 5.66. The molecule has 6 rings (SSSR count). The van der Waals surface area contributed by atoms with Gasteiger partial charge in [0.2, 0.25) is 0 Å². The third kappa shape index (κ3) is 2.26. The first-order valence-electron chi connectivity index (χ1n) is 13.7. The monoisotopic (exact) mass is 444 g/mol. The lowest BCUT2D eigenvalue weighted by Gasteiger charge is -2.60. The van der Waals surface area contributed by atoms with Gasteiger partial charge in [-0.25, -0.2) is 0 Å². The van der Waals surface area contributed by atoms with E-state index in [4.69, 9.17) is 0 Å². The molecule has 1 spiro atoms. The van der Waals surface area contributed by atoms with Crippen molar-refractivity contribution in [1.29, 1.82) is 0 Å². The van der Waals surface area contributed by atoms with E-state index in [0.29, 0.717) is 53.3 Å². The Morgan fingerprint density at radius 1 is 1.00 bits per heavy atom. The van der Waals surface area contributed by atoms with Crippen LogP contribution in [-0.4, -0.2) is 33.5 Å². The number of aliphatic carboxylic acids is 1. The average molecular weight is 445 g/mol. The summed E-state index contributed by atoms with van der Waals surface area (Å²) in [6.45, 7) is 9.74. The summed E-state index contributed by atoms with van der Waals surface area (Å²) in [6, 6.07) is 0. The molecule has 6 aliphatic rings. The van der Waals surface area contributed by atoms with E-state index in [1.807, 2.05) is 0 Å². The fraction of sp³-hybridized carbons (Fsp3) is 0.964. The van der Waals surface area contributed by atoms with Crippen LogP contribution in [-0.2, 0) is 4.79 Å². The summed E-state index contributed by atoms with van der Waals surface area (Å²) in [7, 11) is 0. The van der Waals surface area contributed by atoms with Crippen molar-refractivity contribution >= 4 is 5.97 Å². The Labute approximate surface area is 193 Å². The first kappa shape index (κ1) is 21.9.